The van der Waals surface area contributed by atoms with Crippen LogP contribution < -0.4 is 10.6 Å². The summed E-state index contributed by atoms with van der Waals surface area (Å²) in [5, 5.41) is 6.17. The highest BCUT2D eigenvalue weighted by Gasteiger charge is 2.17. The van der Waals surface area contributed by atoms with Gasteiger partial charge in [-0.1, -0.05) is 60.7 Å². The van der Waals surface area contributed by atoms with E-state index in [4.69, 9.17) is 4.74 Å². The summed E-state index contributed by atoms with van der Waals surface area (Å²) in [5.41, 5.74) is 2.22. The largest absolute Gasteiger partial charge is 0.383 e. The van der Waals surface area contributed by atoms with E-state index >= 15 is 0 Å². The number of benzene rings is 2. The monoisotopic (exact) mass is 298 g/mol. The molecule has 1 amide bonds. The topological polar surface area (TPSA) is 50.4 Å². The Labute approximate surface area is 131 Å². The van der Waals surface area contributed by atoms with Crippen molar-refractivity contribution in [2.75, 3.05) is 13.7 Å². The Morgan fingerprint density at radius 2 is 1.50 bits per heavy atom. The quantitative estimate of drug-likeness (QED) is 0.785. The van der Waals surface area contributed by atoms with Crippen LogP contribution in [-0.4, -0.2) is 25.7 Å². The van der Waals surface area contributed by atoms with Gasteiger partial charge >= 0.3 is 0 Å². The van der Waals surface area contributed by atoms with Crippen molar-refractivity contribution in [3.63, 3.8) is 0 Å². The van der Waals surface area contributed by atoms with E-state index in [-0.39, 0.29) is 11.9 Å². The molecule has 0 aromatic heterocycles. The van der Waals surface area contributed by atoms with E-state index in [2.05, 4.69) is 10.6 Å². The van der Waals surface area contributed by atoms with Crippen molar-refractivity contribution in [2.24, 2.45) is 0 Å². The number of rotatable bonds is 8. The standard InChI is InChI=1S/C18H22N2O2/c1-22-14-17(19-12-15-8-4-2-5-9-15)18(21)20-13-16-10-6-3-7-11-16/h2-11,17,19H,12-14H2,1H3,(H,20,21)/t17-/m1/s1. The summed E-state index contributed by atoms with van der Waals surface area (Å²) in [6.45, 7) is 1.49. The Bertz CT molecular complexity index is 558. The van der Waals surface area contributed by atoms with Gasteiger partial charge in [-0.05, 0) is 11.1 Å². The van der Waals surface area contributed by atoms with Gasteiger partial charge in [0.2, 0.25) is 5.91 Å². The van der Waals surface area contributed by atoms with Crippen molar-refractivity contribution in [3.05, 3.63) is 71.8 Å². The lowest BCUT2D eigenvalue weighted by atomic mass is 10.2. The normalized spacial score (nSPS) is 11.9. The van der Waals surface area contributed by atoms with Crippen LogP contribution in [0.25, 0.3) is 0 Å². The van der Waals surface area contributed by atoms with Gasteiger partial charge in [0.15, 0.2) is 0 Å². The van der Waals surface area contributed by atoms with Crippen molar-refractivity contribution in [1.29, 1.82) is 0 Å². The maximum absolute atomic E-state index is 12.3. The molecule has 0 heterocycles. The minimum absolute atomic E-state index is 0.0540. The fourth-order valence-corrected chi connectivity index (χ4v) is 2.14. The summed E-state index contributed by atoms with van der Waals surface area (Å²) >= 11 is 0. The second-order valence-corrected chi connectivity index (χ2v) is 5.08. The first-order valence-corrected chi connectivity index (χ1v) is 7.37. The first-order valence-electron chi connectivity index (χ1n) is 7.37. The molecule has 1 atom stereocenters. The van der Waals surface area contributed by atoms with Crippen molar-refractivity contribution in [3.8, 4) is 0 Å². The number of hydrogen-bond acceptors (Lipinski definition) is 3. The van der Waals surface area contributed by atoms with Gasteiger partial charge < -0.3 is 10.1 Å². The van der Waals surface area contributed by atoms with Crippen LogP contribution in [0.2, 0.25) is 0 Å². The molecule has 0 fully saturated rings. The second-order valence-electron chi connectivity index (χ2n) is 5.08. The predicted octanol–water partition coefficient (Wildman–Crippen LogP) is 2.11. The first kappa shape index (κ1) is 16.2. The number of amides is 1. The lowest BCUT2D eigenvalue weighted by molar-refractivity contribution is -0.124. The molecule has 0 unspecified atom stereocenters. The van der Waals surface area contributed by atoms with Crippen LogP contribution in [-0.2, 0) is 22.6 Å². The van der Waals surface area contributed by atoms with Crippen molar-refractivity contribution in [2.45, 2.75) is 19.1 Å². The summed E-state index contributed by atoms with van der Waals surface area (Å²) in [6, 6.07) is 19.5. The van der Waals surface area contributed by atoms with Gasteiger partial charge in [-0.25, -0.2) is 0 Å². The number of nitrogens with one attached hydrogen (secondary N) is 2. The van der Waals surface area contributed by atoms with E-state index in [0.717, 1.165) is 11.1 Å². The molecule has 2 rings (SSSR count). The maximum atomic E-state index is 12.3. The SMILES string of the molecule is COC[C@@H](NCc1ccccc1)C(=O)NCc1ccccc1. The molecule has 0 radical (unpaired) electrons. The van der Waals surface area contributed by atoms with Gasteiger partial charge in [0.05, 0.1) is 6.61 Å². The molecule has 0 aliphatic rings. The van der Waals surface area contributed by atoms with Crippen LogP contribution in [0, 0.1) is 0 Å². The summed E-state index contributed by atoms with van der Waals surface area (Å²) < 4.78 is 5.14. The smallest absolute Gasteiger partial charge is 0.239 e. The average molecular weight is 298 g/mol. The highest BCUT2D eigenvalue weighted by Crippen LogP contribution is 2.00. The zero-order chi connectivity index (χ0) is 15.6. The van der Waals surface area contributed by atoms with E-state index in [1.165, 1.54) is 0 Å². The summed E-state index contributed by atoms with van der Waals surface area (Å²) in [4.78, 5) is 12.3. The molecule has 0 aliphatic carbocycles. The molecule has 4 heteroatoms. The Morgan fingerprint density at radius 1 is 0.955 bits per heavy atom. The third-order valence-corrected chi connectivity index (χ3v) is 3.35. The number of ether oxygens (including phenoxy) is 1. The van der Waals surface area contributed by atoms with E-state index in [1.54, 1.807) is 7.11 Å². The Kier molecular flexibility index (Phi) is 6.61. The molecule has 116 valence electrons. The molecular weight excluding hydrogens is 276 g/mol. The van der Waals surface area contributed by atoms with Crippen LogP contribution in [0.1, 0.15) is 11.1 Å². The maximum Gasteiger partial charge on any atom is 0.239 e. The molecule has 2 aromatic carbocycles. The number of carbonyl (C=O) groups is 1. The Hall–Kier alpha value is -2.17. The number of hydrogen-bond donors (Lipinski definition) is 2. The van der Waals surface area contributed by atoms with Crippen molar-refractivity contribution < 1.29 is 9.53 Å². The molecular formula is C18H22N2O2. The van der Waals surface area contributed by atoms with Gasteiger partial charge in [-0.2, -0.15) is 0 Å². The van der Waals surface area contributed by atoms with E-state index in [0.29, 0.717) is 19.7 Å². The van der Waals surface area contributed by atoms with Crippen LogP contribution in [0.5, 0.6) is 0 Å². The van der Waals surface area contributed by atoms with Gasteiger partial charge in [-0.15, -0.1) is 0 Å². The Morgan fingerprint density at radius 3 is 2.05 bits per heavy atom. The third kappa shape index (κ3) is 5.31. The predicted molar refractivity (Wildman–Crippen MR) is 87.2 cm³/mol. The summed E-state index contributed by atoms with van der Waals surface area (Å²) in [5.74, 6) is -0.0540. The lowest BCUT2D eigenvalue weighted by Gasteiger charge is -2.18. The Balaban J connectivity index is 1.85. The minimum atomic E-state index is -0.367. The van der Waals surface area contributed by atoms with E-state index in [1.807, 2.05) is 60.7 Å². The second kappa shape index (κ2) is 8.97. The van der Waals surface area contributed by atoms with Gasteiger partial charge in [-0.3, -0.25) is 10.1 Å². The van der Waals surface area contributed by atoms with Crippen molar-refractivity contribution >= 4 is 5.91 Å². The zero-order valence-corrected chi connectivity index (χ0v) is 12.8. The van der Waals surface area contributed by atoms with E-state index < -0.39 is 0 Å². The average Bonchev–Trinajstić information content (AvgIpc) is 2.58. The van der Waals surface area contributed by atoms with Gasteiger partial charge in [0, 0.05) is 20.2 Å². The van der Waals surface area contributed by atoms with E-state index in [9.17, 15) is 4.79 Å². The molecule has 4 nitrogen and oxygen atoms in total. The van der Waals surface area contributed by atoms with Gasteiger partial charge in [0.1, 0.15) is 6.04 Å². The van der Waals surface area contributed by atoms with Crippen LogP contribution in [0.15, 0.2) is 60.7 Å². The number of carbonyl (C=O) groups excluding carboxylic acids is 1. The van der Waals surface area contributed by atoms with Crippen LogP contribution in [0.3, 0.4) is 0 Å². The van der Waals surface area contributed by atoms with Crippen molar-refractivity contribution in [1.82, 2.24) is 10.6 Å². The zero-order valence-electron chi connectivity index (χ0n) is 12.8. The molecule has 22 heavy (non-hydrogen) atoms. The molecule has 2 aromatic rings. The highest BCUT2D eigenvalue weighted by molar-refractivity contribution is 5.81. The van der Waals surface area contributed by atoms with Gasteiger partial charge in [0.25, 0.3) is 0 Å². The molecule has 0 aliphatic heterocycles. The molecule has 0 saturated carbocycles. The van der Waals surface area contributed by atoms with Crippen LogP contribution in [0.4, 0.5) is 0 Å². The highest BCUT2D eigenvalue weighted by atomic mass is 16.5. The molecule has 0 spiro atoms. The fraction of sp³-hybridized carbons (Fsp3) is 0.278. The molecule has 2 N–H and O–H groups in total. The molecule has 0 bridgehead atoms. The third-order valence-electron chi connectivity index (χ3n) is 3.35. The molecule has 0 saturated heterocycles. The lowest BCUT2D eigenvalue weighted by Crippen LogP contribution is -2.46. The first-order chi connectivity index (χ1) is 10.8. The number of methoxy groups -OCH3 is 1. The fourth-order valence-electron chi connectivity index (χ4n) is 2.14. The summed E-state index contributed by atoms with van der Waals surface area (Å²) in [7, 11) is 1.60. The van der Waals surface area contributed by atoms with Crippen LogP contribution >= 0.6 is 0 Å². The summed E-state index contributed by atoms with van der Waals surface area (Å²) in [6.07, 6.45) is 0. The minimum Gasteiger partial charge on any atom is -0.383 e.